The molecule has 1 spiro atoms. The van der Waals surface area contributed by atoms with E-state index in [1.54, 1.807) is 0 Å². The molecule has 2 N–H and O–H groups in total. The molecule has 0 radical (unpaired) electrons. The van der Waals surface area contributed by atoms with Gasteiger partial charge in [0.2, 0.25) is 11.8 Å². The molecule has 4 atom stereocenters. The molecule has 1 aromatic heterocycles. The fourth-order valence-electron chi connectivity index (χ4n) is 4.82. The molecule has 2 fully saturated rings. The van der Waals surface area contributed by atoms with Gasteiger partial charge < -0.3 is 20.1 Å². The smallest absolute Gasteiger partial charge is 0.237 e. The molecule has 0 amide bonds. The van der Waals surface area contributed by atoms with E-state index in [2.05, 4.69) is 41.1 Å². The Kier molecular flexibility index (Phi) is 4.91. The molecule has 1 aliphatic heterocycles. The van der Waals surface area contributed by atoms with E-state index in [1.165, 1.54) is 6.20 Å². The highest BCUT2D eigenvalue weighted by Gasteiger charge is 2.58. The Bertz CT molecular complexity index is 595. The largest absolute Gasteiger partial charge is 0.477 e. The van der Waals surface area contributed by atoms with Crippen LogP contribution in [0.4, 0.5) is 5.95 Å². The maximum absolute atomic E-state index is 10.6. The zero-order valence-electron chi connectivity index (χ0n) is 14.8. The Balaban J connectivity index is 1.72. The van der Waals surface area contributed by atoms with Gasteiger partial charge in [-0.25, -0.2) is 4.98 Å². The number of aliphatic hydroxyl groups is 1. The second-order valence-corrected chi connectivity index (χ2v) is 7.88. The molecule has 1 aromatic rings. The maximum Gasteiger partial charge on any atom is 0.237 e. The SMILES string of the molecule is CCOc1nc(N[C@@H]2CC3(C[C@H]2O)CN(C)C3C(C)C)ncc1Cl. The second-order valence-electron chi connectivity index (χ2n) is 7.47. The van der Waals surface area contributed by atoms with Crippen LogP contribution in [0.3, 0.4) is 0 Å². The first-order valence-corrected chi connectivity index (χ1v) is 9.04. The van der Waals surface area contributed by atoms with Crippen LogP contribution in [0, 0.1) is 11.3 Å². The summed E-state index contributed by atoms with van der Waals surface area (Å²) in [5.74, 6) is 1.41. The number of aliphatic hydroxyl groups excluding tert-OH is 1. The van der Waals surface area contributed by atoms with Gasteiger partial charge in [-0.1, -0.05) is 25.4 Å². The van der Waals surface area contributed by atoms with Crippen molar-refractivity contribution in [3.63, 3.8) is 0 Å². The van der Waals surface area contributed by atoms with Crippen molar-refractivity contribution in [2.45, 2.75) is 51.8 Å². The van der Waals surface area contributed by atoms with E-state index >= 15 is 0 Å². The van der Waals surface area contributed by atoms with Gasteiger partial charge in [-0.05, 0) is 32.7 Å². The van der Waals surface area contributed by atoms with Crippen molar-refractivity contribution in [1.82, 2.24) is 14.9 Å². The molecule has 2 aliphatic rings. The zero-order valence-corrected chi connectivity index (χ0v) is 15.5. The number of rotatable bonds is 5. The number of likely N-dealkylation sites (tertiary alicyclic amines) is 1. The third-order valence-electron chi connectivity index (χ3n) is 5.31. The van der Waals surface area contributed by atoms with Gasteiger partial charge in [0.1, 0.15) is 5.02 Å². The summed E-state index contributed by atoms with van der Waals surface area (Å²) in [6.07, 6.45) is 2.89. The van der Waals surface area contributed by atoms with Crippen molar-refractivity contribution in [2.75, 3.05) is 25.5 Å². The fourth-order valence-corrected chi connectivity index (χ4v) is 4.96. The number of nitrogens with zero attached hydrogens (tertiary/aromatic N) is 3. The predicted molar refractivity (Wildman–Crippen MR) is 94.6 cm³/mol. The number of ether oxygens (including phenoxy) is 1. The minimum absolute atomic E-state index is 0.0457. The van der Waals surface area contributed by atoms with Gasteiger partial charge in [0.25, 0.3) is 0 Å². The number of nitrogens with one attached hydrogen (secondary N) is 1. The van der Waals surface area contributed by atoms with E-state index in [0.29, 0.717) is 35.4 Å². The van der Waals surface area contributed by atoms with Gasteiger partial charge in [0, 0.05) is 18.0 Å². The average molecular weight is 355 g/mol. The highest BCUT2D eigenvalue weighted by atomic mass is 35.5. The molecule has 3 rings (SSSR count). The van der Waals surface area contributed by atoms with E-state index in [1.807, 2.05) is 6.92 Å². The van der Waals surface area contributed by atoms with Gasteiger partial charge in [-0.2, -0.15) is 4.98 Å². The zero-order chi connectivity index (χ0) is 17.5. The summed E-state index contributed by atoms with van der Waals surface area (Å²) in [4.78, 5) is 10.9. The lowest BCUT2D eigenvalue weighted by molar-refractivity contribution is -0.0825. The number of hydrogen-bond donors (Lipinski definition) is 2. The standard InChI is InChI=1S/C17H27ClN4O2/c1-5-24-15-11(18)8-19-16(21-15)20-12-6-17(7-13(12)23)9-22(4)14(17)10(2)3/h8,10,12-14,23H,5-7,9H2,1-4H3,(H,19,20,21)/t12-,13-,14?,17?/m1/s1. The monoisotopic (exact) mass is 354 g/mol. The molecular formula is C17H27ClN4O2. The van der Waals surface area contributed by atoms with Gasteiger partial charge in [-0.3, -0.25) is 0 Å². The van der Waals surface area contributed by atoms with E-state index < -0.39 is 6.10 Å². The lowest BCUT2D eigenvalue weighted by Gasteiger charge is -2.57. The van der Waals surface area contributed by atoms with Gasteiger partial charge in [0.15, 0.2) is 0 Å². The molecular weight excluding hydrogens is 328 g/mol. The van der Waals surface area contributed by atoms with E-state index in [4.69, 9.17) is 16.3 Å². The van der Waals surface area contributed by atoms with Crippen LogP contribution in [0.5, 0.6) is 5.88 Å². The van der Waals surface area contributed by atoms with Crippen LogP contribution < -0.4 is 10.1 Å². The normalized spacial score (nSPS) is 33.0. The first kappa shape index (κ1) is 17.7. The molecule has 24 heavy (non-hydrogen) atoms. The summed E-state index contributed by atoms with van der Waals surface area (Å²) in [6, 6.07) is 0.472. The van der Waals surface area contributed by atoms with Crippen molar-refractivity contribution >= 4 is 17.5 Å². The van der Waals surface area contributed by atoms with Crippen LogP contribution in [-0.2, 0) is 0 Å². The molecule has 2 heterocycles. The van der Waals surface area contributed by atoms with Gasteiger partial charge in [0.05, 0.1) is 24.9 Å². The summed E-state index contributed by atoms with van der Waals surface area (Å²) >= 11 is 6.03. The highest BCUT2D eigenvalue weighted by molar-refractivity contribution is 6.31. The van der Waals surface area contributed by atoms with Crippen LogP contribution in [-0.4, -0.2) is 58.4 Å². The topological polar surface area (TPSA) is 70.5 Å². The quantitative estimate of drug-likeness (QED) is 0.846. The van der Waals surface area contributed by atoms with Crippen LogP contribution in [0.1, 0.15) is 33.6 Å². The second kappa shape index (κ2) is 6.65. The maximum atomic E-state index is 10.6. The predicted octanol–water partition coefficient (Wildman–Crippen LogP) is 2.42. The van der Waals surface area contributed by atoms with Crippen molar-refractivity contribution in [1.29, 1.82) is 0 Å². The molecule has 6 nitrogen and oxygen atoms in total. The number of anilines is 1. The lowest BCUT2D eigenvalue weighted by atomic mass is 9.66. The Morgan fingerprint density at radius 2 is 2.25 bits per heavy atom. The Hall–Kier alpha value is -1.11. The van der Waals surface area contributed by atoms with Crippen LogP contribution in [0.15, 0.2) is 6.20 Å². The third kappa shape index (κ3) is 3.07. The third-order valence-corrected chi connectivity index (χ3v) is 5.57. The van der Waals surface area contributed by atoms with Crippen LogP contribution in [0.2, 0.25) is 5.02 Å². The minimum Gasteiger partial charge on any atom is -0.477 e. The highest BCUT2D eigenvalue weighted by Crippen LogP contribution is 2.52. The summed E-state index contributed by atoms with van der Waals surface area (Å²) in [5.41, 5.74) is 0.190. The van der Waals surface area contributed by atoms with Crippen LogP contribution in [0.25, 0.3) is 0 Å². The number of aromatic nitrogens is 2. The van der Waals surface area contributed by atoms with E-state index in [-0.39, 0.29) is 11.5 Å². The van der Waals surface area contributed by atoms with Crippen LogP contribution >= 0.6 is 11.6 Å². The Morgan fingerprint density at radius 1 is 1.50 bits per heavy atom. The van der Waals surface area contributed by atoms with Crippen molar-refractivity contribution in [3.05, 3.63) is 11.2 Å². The molecule has 1 saturated heterocycles. The Labute approximate surface area is 148 Å². The summed E-state index contributed by atoms with van der Waals surface area (Å²) in [5, 5.41) is 14.2. The molecule has 2 unspecified atom stereocenters. The minimum atomic E-state index is -0.394. The molecule has 1 aliphatic carbocycles. The van der Waals surface area contributed by atoms with Crippen molar-refractivity contribution in [3.8, 4) is 5.88 Å². The number of hydrogen-bond acceptors (Lipinski definition) is 6. The molecule has 7 heteroatoms. The van der Waals surface area contributed by atoms with E-state index in [0.717, 1.165) is 19.4 Å². The lowest BCUT2D eigenvalue weighted by Crippen LogP contribution is -2.64. The summed E-state index contributed by atoms with van der Waals surface area (Å²) < 4.78 is 5.41. The molecule has 134 valence electrons. The molecule has 0 aromatic carbocycles. The van der Waals surface area contributed by atoms with Crippen molar-refractivity contribution < 1.29 is 9.84 Å². The van der Waals surface area contributed by atoms with Crippen molar-refractivity contribution in [2.24, 2.45) is 11.3 Å². The Morgan fingerprint density at radius 3 is 2.88 bits per heavy atom. The van der Waals surface area contributed by atoms with Gasteiger partial charge in [-0.15, -0.1) is 0 Å². The number of halogens is 1. The first-order chi connectivity index (χ1) is 11.4. The first-order valence-electron chi connectivity index (χ1n) is 8.66. The average Bonchev–Trinajstić information content (AvgIpc) is 2.79. The van der Waals surface area contributed by atoms with E-state index in [9.17, 15) is 5.11 Å². The summed E-state index contributed by atoms with van der Waals surface area (Å²) in [6.45, 7) is 7.93. The summed E-state index contributed by atoms with van der Waals surface area (Å²) in [7, 11) is 2.17. The fraction of sp³-hybridized carbons (Fsp3) is 0.765. The molecule has 1 saturated carbocycles. The molecule has 0 bridgehead atoms. The van der Waals surface area contributed by atoms with Gasteiger partial charge >= 0.3 is 0 Å².